The fourth-order valence-corrected chi connectivity index (χ4v) is 2.17. The van der Waals surface area contributed by atoms with Gasteiger partial charge in [-0.05, 0) is 26.3 Å². The summed E-state index contributed by atoms with van der Waals surface area (Å²) in [7, 11) is 0. The Balaban J connectivity index is 2.25. The van der Waals surface area contributed by atoms with Crippen molar-refractivity contribution in [2.75, 3.05) is 5.73 Å². The molecule has 21 heavy (non-hydrogen) atoms. The molecule has 1 amide bonds. The summed E-state index contributed by atoms with van der Waals surface area (Å²) >= 11 is 0. The first-order valence-corrected chi connectivity index (χ1v) is 7.20. The van der Waals surface area contributed by atoms with E-state index in [1.165, 1.54) is 0 Å². The molecule has 2 rings (SSSR count). The number of carbonyl (C=O) groups is 1. The van der Waals surface area contributed by atoms with E-state index in [1.54, 1.807) is 15.8 Å². The Bertz CT molecular complexity index is 604. The number of nitrogens with zero attached hydrogens (tertiary/aromatic N) is 3. The molecule has 0 spiro atoms. The third kappa shape index (κ3) is 3.42. The van der Waals surface area contributed by atoms with Crippen molar-refractivity contribution in [3.05, 3.63) is 47.8 Å². The van der Waals surface area contributed by atoms with Crippen LogP contribution in [0.5, 0.6) is 0 Å². The molecule has 0 aliphatic rings. The lowest BCUT2D eigenvalue weighted by atomic mass is 10.1. The van der Waals surface area contributed by atoms with Gasteiger partial charge in [-0.3, -0.25) is 9.48 Å². The monoisotopic (exact) mass is 286 g/mol. The van der Waals surface area contributed by atoms with Gasteiger partial charge in [0.25, 0.3) is 5.91 Å². The SMILES string of the molecule is CCn1cc(N)c(C(=O)N(Cc2ccccc2)C(C)C)n1. The van der Waals surface area contributed by atoms with Gasteiger partial charge in [0, 0.05) is 25.3 Å². The van der Waals surface area contributed by atoms with Gasteiger partial charge in [0.15, 0.2) is 5.69 Å². The van der Waals surface area contributed by atoms with E-state index in [-0.39, 0.29) is 11.9 Å². The molecule has 5 nitrogen and oxygen atoms in total. The van der Waals surface area contributed by atoms with Gasteiger partial charge in [0.1, 0.15) is 0 Å². The van der Waals surface area contributed by atoms with E-state index in [2.05, 4.69) is 5.10 Å². The number of carbonyl (C=O) groups excluding carboxylic acids is 1. The minimum atomic E-state index is -0.126. The number of amides is 1. The number of aromatic nitrogens is 2. The summed E-state index contributed by atoms with van der Waals surface area (Å²) < 4.78 is 1.68. The van der Waals surface area contributed by atoms with Crippen LogP contribution in [0.3, 0.4) is 0 Å². The number of nitrogen functional groups attached to an aromatic ring is 1. The Kier molecular flexibility index (Phi) is 4.62. The number of hydrogen-bond donors (Lipinski definition) is 1. The summed E-state index contributed by atoms with van der Waals surface area (Å²) in [6.45, 7) is 7.19. The molecular weight excluding hydrogens is 264 g/mol. The predicted molar refractivity (Wildman–Crippen MR) is 83.8 cm³/mol. The maximum atomic E-state index is 12.7. The first-order valence-electron chi connectivity index (χ1n) is 7.20. The lowest BCUT2D eigenvalue weighted by Gasteiger charge is -2.26. The summed E-state index contributed by atoms with van der Waals surface area (Å²) in [6, 6.07) is 10.00. The molecule has 0 bridgehead atoms. The van der Waals surface area contributed by atoms with Gasteiger partial charge in [-0.2, -0.15) is 5.10 Å². The van der Waals surface area contributed by atoms with Crippen LogP contribution in [-0.2, 0) is 13.1 Å². The lowest BCUT2D eigenvalue weighted by Crippen LogP contribution is -2.37. The van der Waals surface area contributed by atoms with Crippen LogP contribution in [0.4, 0.5) is 5.69 Å². The van der Waals surface area contributed by atoms with Crippen LogP contribution in [0.25, 0.3) is 0 Å². The topological polar surface area (TPSA) is 64.2 Å². The standard InChI is InChI=1S/C16H22N4O/c1-4-19-11-14(17)15(18-19)16(21)20(12(2)3)10-13-8-6-5-7-9-13/h5-9,11-12H,4,10,17H2,1-3H3. The van der Waals surface area contributed by atoms with Gasteiger partial charge in [-0.25, -0.2) is 0 Å². The van der Waals surface area contributed by atoms with Crippen LogP contribution in [0.15, 0.2) is 36.5 Å². The number of rotatable bonds is 5. The summed E-state index contributed by atoms with van der Waals surface area (Å²) in [6.07, 6.45) is 1.70. The van der Waals surface area contributed by atoms with Crippen molar-refractivity contribution in [2.45, 2.75) is 39.9 Å². The van der Waals surface area contributed by atoms with E-state index in [9.17, 15) is 4.79 Å². The smallest absolute Gasteiger partial charge is 0.277 e. The highest BCUT2D eigenvalue weighted by Crippen LogP contribution is 2.16. The van der Waals surface area contributed by atoms with Crippen molar-refractivity contribution in [3.8, 4) is 0 Å². The van der Waals surface area contributed by atoms with Crippen LogP contribution in [0.2, 0.25) is 0 Å². The Labute approximate surface area is 125 Å². The summed E-state index contributed by atoms with van der Waals surface area (Å²) in [4.78, 5) is 14.5. The van der Waals surface area contributed by atoms with Gasteiger partial charge in [-0.15, -0.1) is 0 Å². The van der Waals surface area contributed by atoms with Crippen LogP contribution in [0.1, 0.15) is 36.8 Å². The van der Waals surface area contributed by atoms with E-state index < -0.39 is 0 Å². The van der Waals surface area contributed by atoms with E-state index in [1.807, 2.05) is 51.1 Å². The molecule has 0 aliphatic carbocycles. The number of nitrogens with two attached hydrogens (primary N) is 1. The Hall–Kier alpha value is -2.30. The minimum absolute atomic E-state index is 0.0730. The summed E-state index contributed by atoms with van der Waals surface area (Å²) in [5, 5.41) is 4.27. The molecule has 0 atom stereocenters. The lowest BCUT2D eigenvalue weighted by molar-refractivity contribution is 0.0684. The average molecular weight is 286 g/mol. The largest absolute Gasteiger partial charge is 0.396 e. The van der Waals surface area contributed by atoms with Crippen molar-refractivity contribution in [2.24, 2.45) is 0 Å². The predicted octanol–water partition coefficient (Wildman–Crippen LogP) is 2.54. The molecule has 1 aromatic heterocycles. The van der Waals surface area contributed by atoms with Crippen molar-refractivity contribution < 1.29 is 4.79 Å². The maximum Gasteiger partial charge on any atom is 0.277 e. The van der Waals surface area contributed by atoms with Crippen LogP contribution < -0.4 is 5.73 Å². The molecule has 0 saturated carbocycles. The number of aryl methyl sites for hydroxylation is 1. The number of hydrogen-bond acceptors (Lipinski definition) is 3. The molecule has 1 heterocycles. The summed E-state index contributed by atoms with van der Waals surface area (Å²) in [5.41, 5.74) is 7.77. The van der Waals surface area contributed by atoms with E-state index in [0.717, 1.165) is 5.56 Å². The second-order valence-electron chi connectivity index (χ2n) is 5.30. The molecule has 0 radical (unpaired) electrons. The third-order valence-electron chi connectivity index (χ3n) is 3.40. The first kappa shape index (κ1) is 15.1. The van der Waals surface area contributed by atoms with Crippen molar-refractivity contribution in [1.82, 2.24) is 14.7 Å². The van der Waals surface area contributed by atoms with Gasteiger partial charge in [0.2, 0.25) is 0 Å². The molecule has 5 heteroatoms. The van der Waals surface area contributed by atoms with Gasteiger partial charge in [0.05, 0.1) is 5.69 Å². The Morgan fingerprint density at radius 2 is 2.00 bits per heavy atom. The Morgan fingerprint density at radius 3 is 2.52 bits per heavy atom. The quantitative estimate of drug-likeness (QED) is 0.918. The van der Waals surface area contributed by atoms with E-state index in [4.69, 9.17) is 5.73 Å². The molecule has 0 fully saturated rings. The molecule has 2 N–H and O–H groups in total. The van der Waals surface area contributed by atoms with Gasteiger partial charge in [-0.1, -0.05) is 30.3 Å². The first-order chi connectivity index (χ1) is 10.0. The summed E-state index contributed by atoms with van der Waals surface area (Å²) in [5.74, 6) is -0.126. The fraction of sp³-hybridized carbons (Fsp3) is 0.375. The average Bonchev–Trinajstić information content (AvgIpc) is 2.86. The van der Waals surface area contributed by atoms with E-state index >= 15 is 0 Å². The molecule has 2 aromatic rings. The molecule has 0 unspecified atom stereocenters. The van der Waals surface area contributed by atoms with Crippen molar-refractivity contribution >= 4 is 11.6 Å². The molecular formula is C16H22N4O. The molecule has 0 aliphatic heterocycles. The molecule has 112 valence electrons. The maximum absolute atomic E-state index is 12.7. The zero-order valence-corrected chi connectivity index (χ0v) is 12.8. The van der Waals surface area contributed by atoms with Crippen LogP contribution in [-0.4, -0.2) is 26.6 Å². The normalized spacial score (nSPS) is 10.9. The van der Waals surface area contributed by atoms with E-state index in [0.29, 0.717) is 24.5 Å². The Morgan fingerprint density at radius 1 is 1.33 bits per heavy atom. The van der Waals surface area contributed by atoms with Gasteiger partial charge < -0.3 is 10.6 Å². The van der Waals surface area contributed by atoms with Gasteiger partial charge >= 0.3 is 0 Å². The second-order valence-corrected chi connectivity index (χ2v) is 5.30. The highest BCUT2D eigenvalue weighted by molar-refractivity contribution is 5.97. The minimum Gasteiger partial charge on any atom is -0.396 e. The highest BCUT2D eigenvalue weighted by atomic mass is 16.2. The fourth-order valence-electron chi connectivity index (χ4n) is 2.17. The highest BCUT2D eigenvalue weighted by Gasteiger charge is 2.23. The van der Waals surface area contributed by atoms with Crippen molar-refractivity contribution in [3.63, 3.8) is 0 Å². The molecule has 0 saturated heterocycles. The van der Waals surface area contributed by atoms with Crippen LogP contribution >= 0.6 is 0 Å². The number of benzene rings is 1. The van der Waals surface area contributed by atoms with Crippen LogP contribution in [0, 0.1) is 0 Å². The third-order valence-corrected chi connectivity index (χ3v) is 3.40. The second kappa shape index (κ2) is 6.43. The molecule has 1 aromatic carbocycles. The van der Waals surface area contributed by atoms with Crippen molar-refractivity contribution in [1.29, 1.82) is 0 Å². The number of anilines is 1. The zero-order chi connectivity index (χ0) is 15.4. The zero-order valence-electron chi connectivity index (χ0n) is 12.8.